The summed E-state index contributed by atoms with van der Waals surface area (Å²) in [5.41, 5.74) is -0.946. The van der Waals surface area contributed by atoms with Gasteiger partial charge in [-0.3, -0.25) is 14.9 Å². The number of non-ortho nitro benzene ring substituents is 1. The SMILES string of the molecule is N#Cc1c(-c2cc(F)ccc2F)cc(-c2ccc([N+](=O)[O-])cc2)[nH]c1=O. The lowest BCUT2D eigenvalue weighted by Gasteiger charge is -2.09. The first kappa shape index (κ1) is 17.0. The van der Waals surface area contributed by atoms with Crippen LogP contribution >= 0.6 is 0 Å². The molecule has 0 bridgehead atoms. The van der Waals surface area contributed by atoms with Crippen LogP contribution < -0.4 is 5.56 Å². The Hall–Kier alpha value is -3.86. The summed E-state index contributed by atoms with van der Waals surface area (Å²) in [7, 11) is 0. The third-order valence-electron chi connectivity index (χ3n) is 3.75. The highest BCUT2D eigenvalue weighted by atomic mass is 19.1. The Morgan fingerprint density at radius 1 is 1.04 bits per heavy atom. The normalized spacial score (nSPS) is 10.3. The van der Waals surface area contributed by atoms with E-state index in [-0.39, 0.29) is 28.1 Å². The van der Waals surface area contributed by atoms with E-state index in [0.717, 1.165) is 18.2 Å². The summed E-state index contributed by atoms with van der Waals surface area (Å²) < 4.78 is 27.6. The number of nitro groups is 1. The average Bonchev–Trinajstić information content (AvgIpc) is 2.63. The Morgan fingerprint density at radius 2 is 1.73 bits per heavy atom. The molecule has 0 spiro atoms. The molecule has 3 aromatic rings. The number of nitriles is 1. The van der Waals surface area contributed by atoms with Crippen LogP contribution in [0.4, 0.5) is 14.5 Å². The minimum absolute atomic E-state index is 0.0680. The second-order valence-corrected chi connectivity index (χ2v) is 5.34. The molecule has 0 radical (unpaired) electrons. The Labute approximate surface area is 145 Å². The fraction of sp³-hybridized carbons (Fsp3) is 0. The molecular formula is C18H9F2N3O3. The van der Waals surface area contributed by atoms with E-state index in [0.29, 0.717) is 5.56 Å². The number of aromatic amines is 1. The Kier molecular flexibility index (Phi) is 4.29. The van der Waals surface area contributed by atoms with E-state index in [1.807, 2.05) is 0 Å². The maximum atomic E-state index is 14.1. The van der Waals surface area contributed by atoms with E-state index in [4.69, 9.17) is 0 Å². The number of rotatable bonds is 3. The van der Waals surface area contributed by atoms with E-state index >= 15 is 0 Å². The highest BCUT2D eigenvalue weighted by Crippen LogP contribution is 2.29. The van der Waals surface area contributed by atoms with Crippen molar-refractivity contribution in [3.63, 3.8) is 0 Å². The number of benzene rings is 2. The third kappa shape index (κ3) is 3.06. The monoisotopic (exact) mass is 353 g/mol. The third-order valence-corrected chi connectivity index (χ3v) is 3.75. The minimum atomic E-state index is -0.789. The smallest absolute Gasteiger partial charge is 0.269 e. The van der Waals surface area contributed by atoms with Crippen molar-refractivity contribution < 1.29 is 13.7 Å². The second-order valence-electron chi connectivity index (χ2n) is 5.34. The summed E-state index contributed by atoms with van der Waals surface area (Å²) >= 11 is 0. The minimum Gasteiger partial charge on any atom is -0.321 e. The molecule has 8 heteroatoms. The Morgan fingerprint density at radius 3 is 2.35 bits per heavy atom. The van der Waals surface area contributed by atoms with Gasteiger partial charge in [0.25, 0.3) is 11.2 Å². The van der Waals surface area contributed by atoms with Gasteiger partial charge in [-0.15, -0.1) is 0 Å². The number of pyridine rings is 1. The number of nitrogens with one attached hydrogen (secondary N) is 1. The second kappa shape index (κ2) is 6.57. The standard InChI is InChI=1S/C18H9F2N3O3/c19-11-3-6-16(20)14(7-11)13-8-17(22-18(24)15(13)9-21)10-1-4-12(5-2-10)23(25)26/h1-8H,(H,22,24). The van der Waals surface area contributed by atoms with Crippen molar-refractivity contribution in [1.82, 2.24) is 4.98 Å². The number of halogens is 2. The lowest BCUT2D eigenvalue weighted by atomic mass is 9.98. The highest BCUT2D eigenvalue weighted by molar-refractivity contribution is 5.75. The number of nitro benzene ring substituents is 1. The van der Waals surface area contributed by atoms with Gasteiger partial charge >= 0.3 is 0 Å². The van der Waals surface area contributed by atoms with Crippen LogP contribution in [0.15, 0.2) is 53.3 Å². The van der Waals surface area contributed by atoms with Crippen LogP contribution in [-0.2, 0) is 0 Å². The first-order valence-electron chi connectivity index (χ1n) is 7.28. The largest absolute Gasteiger partial charge is 0.321 e. The van der Waals surface area contributed by atoms with Gasteiger partial charge in [-0.25, -0.2) is 8.78 Å². The van der Waals surface area contributed by atoms with Gasteiger partial charge in [0.05, 0.1) is 4.92 Å². The summed E-state index contributed by atoms with van der Waals surface area (Å²) in [6.07, 6.45) is 0. The molecule has 1 N–H and O–H groups in total. The van der Waals surface area contributed by atoms with Crippen molar-refractivity contribution in [3.05, 3.63) is 86.2 Å². The molecule has 0 amide bonds. The van der Waals surface area contributed by atoms with Crippen LogP contribution in [-0.4, -0.2) is 9.91 Å². The molecule has 1 heterocycles. The zero-order valence-corrected chi connectivity index (χ0v) is 13.0. The molecule has 6 nitrogen and oxygen atoms in total. The van der Waals surface area contributed by atoms with E-state index in [9.17, 15) is 29.0 Å². The van der Waals surface area contributed by atoms with Crippen molar-refractivity contribution in [2.75, 3.05) is 0 Å². The van der Waals surface area contributed by atoms with Gasteiger partial charge in [0.15, 0.2) is 0 Å². The Bertz CT molecular complexity index is 1120. The van der Waals surface area contributed by atoms with E-state index in [2.05, 4.69) is 4.98 Å². The highest BCUT2D eigenvalue weighted by Gasteiger charge is 2.16. The van der Waals surface area contributed by atoms with Crippen LogP contribution in [0.5, 0.6) is 0 Å². The molecule has 0 saturated carbocycles. The first-order valence-corrected chi connectivity index (χ1v) is 7.28. The van der Waals surface area contributed by atoms with Gasteiger partial charge in [-0.05, 0) is 42.0 Å². The lowest BCUT2D eigenvalue weighted by molar-refractivity contribution is -0.384. The predicted molar refractivity (Wildman–Crippen MR) is 89.2 cm³/mol. The maximum Gasteiger partial charge on any atom is 0.269 e. The number of nitrogens with zero attached hydrogens (tertiary/aromatic N) is 2. The number of aromatic nitrogens is 1. The van der Waals surface area contributed by atoms with Gasteiger partial charge in [-0.1, -0.05) is 0 Å². The number of H-pyrrole nitrogens is 1. The summed E-state index contributed by atoms with van der Waals surface area (Å²) in [5, 5.41) is 19.9. The quantitative estimate of drug-likeness (QED) is 0.572. The van der Waals surface area contributed by atoms with Gasteiger partial charge in [0, 0.05) is 29.0 Å². The zero-order chi connectivity index (χ0) is 18.8. The maximum absolute atomic E-state index is 14.1. The van der Waals surface area contributed by atoms with Crippen LogP contribution in [0, 0.1) is 33.1 Å². The lowest BCUT2D eigenvalue weighted by Crippen LogP contribution is -2.13. The van der Waals surface area contributed by atoms with Crippen molar-refractivity contribution in [2.24, 2.45) is 0 Å². The van der Waals surface area contributed by atoms with E-state index in [1.165, 1.54) is 30.3 Å². The topological polar surface area (TPSA) is 99.8 Å². The molecular weight excluding hydrogens is 344 g/mol. The molecule has 3 rings (SSSR count). The Balaban J connectivity index is 2.23. The van der Waals surface area contributed by atoms with Crippen LogP contribution in [0.2, 0.25) is 0 Å². The number of hydrogen-bond donors (Lipinski definition) is 1. The first-order chi connectivity index (χ1) is 12.4. The molecule has 0 aliphatic rings. The summed E-state index contributed by atoms with van der Waals surface area (Å²) in [5.74, 6) is -1.51. The van der Waals surface area contributed by atoms with Crippen LogP contribution in [0.25, 0.3) is 22.4 Å². The molecule has 0 atom stereocenters. The molecule has 0 aliphatic carbocycles. The molecule has 128 valence electrons. The van der Waals surface area contributed by atoms with Crippen molar-refractivity contribution in [1.29, 1.82) is 5.26 Å². The van der Waals surface area contributed by atoms with Gasteiger partial charge in [-0.2, -0.15) is 5.26 Å². The molecule has 0 aliphatic heterocycles. The van der Waals surface area contributed by atoms with Crippen LogP contribution in [0.1, 0.15) is 5.56 Å². The van der Waals surface area contributed by atoms with Crippen molar-refractivity contribution in [2.45, 2.75) is 0 Å². The summed E-state index contributed by atoms with van der Waals surface area (Å²) in [6, 6.07) is 11.0. The number of hydrogen-bond acceptors (Lipinski definition) is 4. The van der Waals surface area contributed by atoms with Gasteiger partial charge in [0.1, 0.15) is 23.3 Å². The molecule has 0 fully saturated rings. The zero-order valence-electron chi connectivity index (χ0n) is 13.0. The summed E-state index contributed by atoms with van der Waals surface area (Å²) in [6.45, 7) is 0. The van der Waals surface area contributed by atoms with Gasteiger partial charge in [0.2, 0.25) is 0 Å². The summed E-state index contributed by atoms with van der Waals surface area (Å²) in [4.78, 5) is 24.8. The van der Waals surface area contributed by atoms with Crippen molar-refractivity contribution in [3.8, 4) is 28.5 Å². The fourth-order valence-electron chi connectivity index (χ4n) is 2.51. The molecule has 26 heavy (non-hydrogen) atoms. The fourth-order valence-corrected chi connectivity index (χ4v) is 2.51. The molecule has 0 unspecified atom stereocenters. The molecule has 2 aromatic carbocycles. The van der Waals surface area contributed by atoms with Crippen LogP contribution in [0.3, 0.4) is 0 Å². The average molecular weight is 353 g/mol. The van der Waals surface area contributed by atoms with Crippen molar-refractivity contribution >= 4 is 5.69 Å². The molecule has 0 saturated heterocycles. The van der Waals surface area contributed by atoms with E-state index < -0.39 is 22.1 Å². The molecule has 1 aromatic heterocycles. The van der Waals surface area contributed by atoms with E-state index in [1.54, 1.807) is 6.07 Å². The van der Waals surface area contributed by atoms with Gasteiger partial charge < -0.3 is 4.98 Å². The predicted octanol–water partition coefficient (Wildman–Crippen LogP) is 3.77.